The molecule has 4 rings (SSSR count). The van der Waals surface area contributed by atoms with Gasteiger partial charge in [0.15, 0.2) is 5.52 Å². The van der Waals surface area contributed by atoms with Crippen LogP contribution in [-0.2, 0) is 18.8 Å². The molecule has 1 aliphatic carbocycles. The van der Waals surface area contributed by atoms with Gasteiger partial charge in [0.2, 0.25) is 5.60 Å². The molecular formula is C19H13F6N5O2. The molecule has 0 radical (unpaired) electrons. The molecule has 1 unspecified atom stereocenters. The molecule has 0 amide bonds. The van der Waals surface area contributed by atoms with Gasteiger partial charge in [-0.05, 0) is 25.0 Å². The van der Waals surface area contributed by atoms with Crippen molar-refractivity contribution in [3.63, 3.8) is 0 Å². The topological polar surface area (TPSA) is 96.7 Å². The van der Waals surface area contributed by atoms with Crippen molar-refractivity contribution in [1.82, 2.24) is 19.6 Å². The number of hydrogen-bond donors (Lipinski definition) is 1. The minimum Gasteiger partial charge on any atom is -0.371 e. The number of aryl methyl sites for hydroxylation is 1. The van der Waals surface area contributed by atoms with Gasteiger partial charge in [0.1, 0.15) is 0 Å². The molecule has 1 saturated carbocycles. The maximum atomic E-state index is 14.2. The molecule has 1 aromatic carbocycles. The summed E-state index contributed by atoms with van der Waals surface area (Å²) >= 11 is 0. The van der Waals surface area contributed by atoms with Crippen LogP contribution >= 0.6 is 0 Å². The maximum Gasteiger partial charge on any atom is 0.427 e. The molecular weight excluding hydrogens is 444 g/mol. The van der Waals surface area contributed by atoms with Crippen molar-refractivity contribution in [2.75, 3.05) is 0 Å². The Hall–Kier alpha value is -3.40. The molecule has 32 heavy (non-hydrogen) atoms. The standard InChI is InChI=1S/C19H13F6N5O2/c1-29-15(12-8-27-30(11-3-4-11)16(31)14(12)28-29)17(32,19(23,24)25)10-2-5-13(18(20,21)22)9(6-10)7-26/h2,5-6,8,11,32H,3-4H2,1H3. The van der Waals surface area contributed by atoms with E-state index in [1.807, 2.05) is 0 Å². The molecule has 168 valence electrons. The molecule has 0 saturated heterocycles. The number of alkyl halides is 6. The number of halogens is 6. The van der Waals surface area contributed by atoms with Gasteiger partial charge in [-0.25, -0.2) is 4.68 Å². The summed E-state index contributed by atoms with van der Waals surface area (Å²) < 4.78 is 83.8. The first-order valence-electron chi connectivity index (χ1n) is 9.16. The second kappa shape index (κ2) is 6.80. The molecule has 2 aromatic heterocycles. The third-order valence-electron chi connectivity index (χ3n) is 5.31. The lowest BCUT2D eigenvalue weighted by atomic mass is 9.86. The number of nitriles is 1. The number of aliphatic hydroxyl groups is 1. The third kappa shape index (κ3) is 3.13. The predicted molar refractivity (Wildman–Crippen MR) is 96.3 cm³/mol. The van der Waals surface area contributed by atoms with Crippen molar-refractivity contribution in [1.29, 1.82) is 5.26 Å². The van der Waals surface area contributed by atoms with E-state index in [-0.39, 0.29) is 11.6 Å². The van der Waals surface area contributed by atoms with E-state index in [1.165, 1.54) is 6.07 Å². The number of rotatable bonds is 3. The van der Waals surface area contributed by atoms with Crippen LogP contribution in [0.15, 0.2) is 29.2 Å². The zero-order chi connectivity index (χ0) is 23.6. The Morgan fingerprint density at radius 2 is 1.84 bits per heavy atom. The molecule has 0 bridgehead atoms. The van der Waals surface area contributed by atoms with Crippen molar-refractivity contribution in [3.05, 3.63) is 57.1 Å². The van der Waals surface area contributed by atoms with Crippen LogP contribution in [0.4, 0.5) is 26.3 Å². The number of benzene rings is 1. The molecule has 1 atom stereocenters. The summed E-state index contributed by atoms with van der Waals surface area (Å²) in [5.74, 6) is 0. The van der Waals surface area contributed by atoms with Gasteiger partial charge in [-0.15, -0.1) is 0 Å². The molecule has 7 nitrogen and oxygen atoms in total. The molecule has 2 heterocycles. The van der Waals surface area contributed by atoms with Crippen LogP contribution in [-0.4, -0.2) is 30.8 Å². The summed E-state index contributed by atoms with van der Waals surface area (Å²) in [7, 11) is 1.06. The van der Waals surface area contributed by atoms with E-state index in [2.05, 4.69) is 10.2 Å². The first-order valence-corrected chi connectivity index (χ1v) is 9.16. The lowest BCUT2D eigenvalue weighted by Gasteiger charge is -2.31. The highest BCUT2D eigenvalue weighted by Gasteiger charge is 2.59. The molecule has 1 aliphatic rings. The molecule has 13 heteroatoms. The van der Waals surface area contributed by atoms with E-state index in [1.54, 1.807) is 0 Å². The Labute approximate surface area is 175 Å². The van der Waals surface area contributed by atoms with Crippen LogP contribution in [0.5, 0.6) is 0 Å². The number of fused-ring (bicyclic) bond motifs is 1. The number of hydrogen-bond acceptors (Lipinski definition) is 5. The first-order chi connectivity index (χ1) is 14.8. The fourth-order valence-electron chi connectivity index (χ4n) is 3.65. The van der Waals surface area contributed by atoms with Crippen LogP contribution < -0.4 is 5.56 Å². The molecule has 1 fully saturated rings. The van der Waals surface area contributed by atoms with Crippen LogP contribution in [0, 0.1) is 11.3 Å². The highest BCUT2D eigenvalue weighted by Crippen LogP contribution is 2.47. The van der Waals surface area contributed by atoms with Crippen LogP contribution in [0.1, 0.15) is 41.3 Å². The van der Waals surface area contributed by atoms with Gasteiger partial charge < -0.3 is 5.11 Å². The monoisotopic (exact) mass is 457 g/mol. The molecule has 0 aliphatic heterocycles. The second-order valence-corrected chi connectivity index (χ2v) is 7.44. The summed E-state index contributed by atoms with van der Waals surface area (Å²) in [4.78, 5) is 12.6. The quantitative estimate of drug-likeness (QED) is 0.610. The predicted octanol–water partition coefficient (Wildman–Crippen LogP) is 3.15. The Bertz CT molecular complexity index is 1330. The Morgan fingerprint density at radius 1 is 1.19 bits per heavy atom. The fraction of sp³-hybridized carbons (Fsp3) is 0.368. The normalized spacial score (nSPS) is 16.7. The van der Waals surface area contributed by atoms with Gasteiger partial charge in [-0.1, -0.05) is 6.07 Å². The number of aromatic nitrogens is 4. The maximum absolute atomic E-state index is 14.2. The summed E-state index contributed by atoms with van der Waals surface area (Å²) in [6.45, 7) is 0. The van der Waals surface area contributed by atoms with Crippen molar-refractivity contribution in [2.24, 2.45) is 7.05 Å². The van der Waals surface area contributed by atoms with Crippen LogP contribution in [0.2, 0.25) is 0 Å². The van der Waals surface area contributed by atoms with E-state index in [0.29, 0.717) is 35.7 Å². The summed E-state index contributed by atoms with van der Waals surface area (Å²) in [6.07, 6.45) is -8.13. The fourth-order valence-corrected chi connectivity index (χ4v) is 3.65. The van der Waals surface area contributed by atoms with Gasteiger partial charge in [0, 0.05) is 12.6 Å². The minimum absolute atomic E-state index is 0.188. The van der Waals surface area contributed by atoms with Crippen molar-refractivity contribution >= 4 is 10.9 Å². The Balaban J connectivity index is 2.01. The Morgan fingerprint density at radius 3 is 2.38 bits per heavy atom. The lowest BCUT2D eigenvalue weighted by molar-refractivity contribution is -0.250. The zero-order valence-corrected chi connectivity index (χ0v) is 16.2. The Kier molecular flexibility index (Phi) is 4.63. The van der Waals surface area contributed by atoms with E-state index >= 15 is 0 Å². The molecule has 3 aromatic rings. The highest BCUT2D eigenvalue weighted by molar-refractivity contribution is 5.81. The SMILES string of the molecule is Cn1nc2c(=O)n(C3CC3)ncc2c1C(O)(c1ccc(C(F)(F)F)c(C#N)c1)C(F)(F)F. The largest absolute Gasteiger partial charge is 0.427 e. The smallest absolute Gasteiger partial charge is 0.371 e. The highest BCUT2D eigenvalue weighted by atomic mass is 19.4. The van der Waals surface area contributed by atoms with E-state index < -0.39 is 51.3 Å². The average molecular weight is 457 g/mol. The third-order valence-corrected chi connectivity index (χ3v) is 5.31. The summed E-state index contributed by atoms with van der Waals surface area (Å²) in [5.41, 5.74) is -9.50. The molecule has 0 spiro atoms. The minimum atomic E-state index is -5.45. The van der Waals surface area contributed by atoms with Crippen molar-refractivity contribution in [2.45, 2.75) is 36.8 Å². The van der Waals surface area contributed by atoms with Crippen molar-refractivity contribution in [3.8, 4) is 6.07 Å². The van der Waals surface area contributed by atoms with Gasteiger partial charge in [-0.2, -0.15) is 41.8 Å². The van der Waals surface area contributed by atoms with E-state index in [9.17, 15) is 36.2 Å². The first kappa shape index (κ1) is 21.8. The van der Waals surface area contributed by atoms with Crippen molar-refractivity contribution < 1.29 is 31.4 Å². The van der Waals surface area contributed by atoms with Gasteiger partial charge >= 0.3 is 12.4 Å². The van der Waals surface area contributed by atoms with Crippen LogP contribution in [0.3, 0.4) is 0 Å². The average Bonchev–Trinajstić information content (AvgIpc) is 3.47. The zero-order valence-electron chi connectivity index (χ0n) is 16.2. The van der Waals surface area contributed by atoms with Gasteiger partial charge in [0.25, 0.3) is 5.56 Å². The number of nitrogens with zero attached hydrogens (tertiary/aromatic N) is 5. The van der Waals surface area contributed by atoms with Gasteiger partial charge in [0.05, 0.1) is 40.5 Å². The lowest BCUT2D eigenvalue weighted by Crippen LogP contribution is -2.45. The molecule has 1 N–H and O–H groups in total. The van der Waals surface area contributed by atoms with Gasteiger partial charge in [-0.3, -0.25) is 9.48 Å². The summed E-state index contributed by atoms with van der Waals surface area (Å²) in [5, 5.41) is 27.3. The summed E-state index contributed by atoms with van der Waals surface area (Å²) in [6, 6.07) is 2.08. The van der Waals surface area contributed by atoms with Crippen LogP contribution in [0.25, 0.3) is 10.9 Å². The second-order valence-electron chi connectivity index (χ2n) is 7.44. The van der Waals surface area contributed by atoms with E-state index in [4.69, 9.17) is 5.26 Å². The van der Waals surface area contributed by atoms with E-state index in [0.717, 1.165) is 17.9 Å².